The normalized spacial score (nSPS) is 31.5. The molecule has 64 heavy (non-hydrogen) atoms. The number of carbonyl (C=O) groups is 2. The Morgan fingerprint density at radius 2 is 1.81 bits per heavy atom. The van der Waals surface area contributed by atoms with E-state index in [0.717, 1.165) is 32.7 Å². The van der Waals surface area contributed by atoms with Gasteiger partial charge in [-0.2, -0.15) is 0 Å². The van der Waals surface area contributed by atoms with Crippen LogP contribution in [0.15, 0.2) is 78.2 Å². The molecule has 348 valence electrons. The third kappa shape index (κ3) is 12.5. The van der Waals surface area contributed by atoms with Crippen LogP contribution in [0.25, 0.3) is 16.6 Å². The summed E-state index contributed by atoms with van der Waals surface area (Å²) < 4.78 is 20.6. The maximum atomic E-state index is 13.9. The van der Waals surface area contributed by atoms with Gasteiger partial charge in [0.15, 0.2) is 12.1 Å². The van der Waals surface area contributed by atoms with E-state index < -0.39 is 78.6 Å². The van der Waals surface area contributed by atoms with Crippen LogP contribution in [0.4, 0.5) is 0 Å². The smallest absolute Gasteiger partial charge is 0.308 e. The lowest BCUT2D eigenvalue weighted by molar-refractivity contribution is -0.304. The number of para-hydroxylation sites is 1. The second-order valence-electron chi connectivity index (χ2n) is 17.7. The average molecular weight is 904 g/mol. The third-order valence-electron chi connectivity index (χ3n) is 12.6. The second kappa shape index (κ2) is 22.7. The molecule has 1 fully saturated rings. The number of hydrogen-bond acceptors (Lipinski definition) is 16. The summed E-state index contributed by atoms with van der Waals surface area (Å²) in [6.45, 7) is 10.2. The quantitative estimate of drug-likeness (QED) is 0.137. The molecule has 0 bridgehead atoms. The highest BCUT2D eigenvalue weighted by Gasteiger charge is 2.47. The van der Waals surface area contributed by atoms with Gasteiger partial charge in [-0.25, -0.2) is 4.68 Å². The Morgan fingerprint density at radius 3 is 2.53 bits per heavy atom. The molecule has 4 aromatic rings. The zero-order valence-corrected chi connectivity index (χ0v) is 38.7. The number of esters is 1. The first-order chi connectivity index (χ1) is 30.6. The fourth-order valence-corrected chi connectivity index (χ4v) is 9.51. The summed E-state index contributed by atoms with van der Waals surface area (Å²) in [6.07, 6.45) is 4.39. The Kier molecular flexibility index (Phi) is 17.5. The molecular weight excluding hydrogens is 839 g/mol. The summed E-state index contributed by atoms with van der Waals surface area (Å²) in [4.78, 5) is 41.4. The molecule has 6 rings (SSSR count). The summed E-state index contributed by atoms with van der Waals surface area (Å²) in [5.41, 5.74) is 4.89. The van der Waals surface area contributed by atoms with Crippen molar-refractivity contribution in [1.82, 2.24) is 34.8 Å². The van der Waals surface area contributed by atoms with Crippen LogP contribution < -0.4 is 0 Å². The van der Waals surface area contributed by atoms with Gasteiger partial charge in [-0.3, -0.25) is 24.5 Å². The van der Waals surface area contributed by atoms with Gasteiger partial charge in [-0.1, -0.05) is 61.9 Å². The zero-order chi connectivity index (χ0) is 46.1. The monoisotopic (exact) mass is 903 g/mol. The van der Waals surface area contributed by atoms with Gasteiger partial charge in [0.25, 0.3) is 0 Å². The molecule has 4 N–H and O–H groups in total. The first kappa shape index (κ1) is 49.1. The van der Waals surface area contributed by atoms with E-state index in [1.54, 1.807) is 61.4 Å². The number of thiazole rings is 1. The minimum atomic E-state index is -1.28. The van der Waals surface area contributed by atoms with Crippen molar-refractivity contribution in [3.63, 3.8) is 0 Å². The number of benzene rings is 1. The molecule has 2 aliphatic heterocycles. The van der Waals surface area contributed by atoms with E-state index in [-0.39, 0.29) is 18.8 Å². The Bertz CT molecular complexity index is 2180. The number of fused-ring (bicyclic) bond motifs is 1. The number of ether oxygens (including phenoxy) is 3. The van der Waals surface area contributed by atoms with E-state index in [1.165, 1.54) is 17.4 Å². The van der Waals surface area contributed by atoms with Crippen molar-refractivity contribution >= 4 is 34.0 Å². The van der Waals surface area contributed by atoms with Crippen molar-refractivity contribution in [3.05, 3.63) is 88.8 Å². The van der Waals surface area contributed by atoms with Crippen LogP contribution in [-0.4, -0.2) is 143 Å². The first-order valence-corrected chi connectivity index (χ1v) is 23.1. The minimum absolute atomic E-state index is 0.115. The summed E-state index contributed by atoms with van der Waals surface area (Å²) >= 11 is 1.54. The fraction of sp³-hybridized carbons (Fsp3) is 0.574. The van der Waals surface area contributed by atoms with Crippen molar-refractivity contribution in [2.45, 2.75) is 122 Å². The van der Waals surface area contributed by atoms with E-state index in [4.69, 9.17) is 14.2 Å². The van der Waals surface area contributed by atoms with Crippen LogP contribution in [0.5, 0.6) is 0 Å². The number of hydrogen-bond donors (Lipinski definition) is 4. The Balaban J connectivity index is 1.34. The molecule has 1 saturated heterocycles. The number of likely N-dealkylation sites (N-methyl/N-ethyl adjacent to an activating group) is 1. The lowest BCUT2D eigenvalue weighted by Gasteiger charge is -2.46. The number of aliphatic hydroxyl groups is 4. The molecule has 0 amide bonds. The highest BCUT2D eigenvalue weighted by Crippen LogP contribution is 2.35. The van der Waals surface area contributed by atoms with Crippen molar-refractivity contribution in [1.29, 1.82) is 0 Å². The number of nitrogens with zero attached hydrogens (tertiary/aromatic N) is 7. The number of ketones is 1. The maximum absolute atomic E-state index is 13.9. The van der Waals surface area contributed by atoms with Crippen LogP contribution in [0.1, 0.15) is 70.9 Å². The third-order valence-corrected chi connectivity index (χ3v) is 13.4. The number of pyridine rings is 1. The Morgan fingerprint density at radius 1 is 1.03 bits per heavy atom. The molecule has 1 aromatic carbocycles. The van der Waals surface area contributed by atoms with Gasteiger partial charge in [0.05, 0.1) is 78.3 Å². The molecule has 0 spiro atoms. The van der Waals surface area contributed by atoms with Gasteiger partial charge in [0.2, 0.25) is 0 Å². The SMILES string of the molecule is CC[C@H]1OC(=O)C[C@@H](O)[C@H](C)[C@@H](O[C@@H]2O[C@H](C)[C@@H](O)[C@H](N(C)C)[C@H]2O)[C@@H](CCN(Cc2cn(-c3cnc4ccccc4c3)nn2)Cc2cncs2)C[C@@H](C)C(=O)/C=C/C(C)=C/[C@@H]1CO. The van der Waals surface area contributed by atoms with Crippen molar-refractivity contribution in [3.8, 4) is 5.69 Å². The number of allylic oxidation sites excluding steroid dienone is 3. The van der Waals surface area contributed by atoms with Crippen LogP contribution in [0.2, 0.25) is 0 Å². The summed E-state index contributed by atoms with van der Waals surface area (Å²) in [5.74, 6) is -2.93. The molecule has 0 aliphatic carbocycles. The van der Waals surface area contributed by atoms with Crippen LogP contribution >= 0.6 is 11.3 Å². The second-order valence-corrected chi connectivity index (χ2v) is 18.7. The number of cyclic esters (lactones) is 1. The summed E-state index contributed by atoms with van der Waals surface area (Å²) in [7, 11) is 3.52. The molecule has 3 aromatic heterocycles. The Labute approximate surface area is 379 Å². The molecule has 16 nitrogen and oxygen atoms in total. The first-order valence-electron chi connectivity index (χ1n) is 22.2. The molecule has 2 aliphatic rings. The topological polar surface area (TPSA) is 206 Å². The van der Waals surface area contributed by atoms with Gasteiger partial charge in [0, 0.05) is 47.3 Å². The van der Waals surface area contributed by atoms with Gasteiger partial charge in [0.1, 0.15) is 12.2 Å². The van der Waals surface area contributed by atoms with E-state index in [9.17, 15) is 30.0 Å². The van der Waals surface area contributed by atoms with Crippen molar-refractivity contribution < 1.29 is 44.2 Å². The van der Waals surface area contributed by atoms with Crippen molar-refractivity contribution in [2.24, 2.45) is 23.7 Å². The standard InChI is InChI=1S/C47H65N7O9S/c1-8-41-34(26-55)17-28(2)13-14-39(56)29(3)18-33(46(30(4)40(57)20-42(58)62-41)63-47-45(60)43(52(6)7)44(59)31(5)61-47)15-16-53(25-37-22-48-27-64-37)23-35-24-54(51-50-35)36-19-32-11-9-10-12-38(32)49-21-36/h9-14,17,19,21-22,24,27,29-31,33-34,40-41,43-47,55,57,59-60H,8,15-16,18,20,23,25-26H2,1-7H3/b14-13+,28-17+/t29-,30+,31-,33+,34-,40-,41-,43+,44-,45-,46-,47+/m1/s1. The van der Waals surface area contributed by atoms with E-state index >= 15 is 0 Å². The maximum Gasteiger partial charge on any atom is 0.308 e. The lowest BCUT2D eigenvalue weighted by Crippen LogP contribution is -2.63. The predicted octanol–water partition coefficient (Wildman–Crippen LogP) is 4.49. The molecule has 17 heteroatoms. The van der Waals surface area contributed by atoms with Gasteiger partial charge >= 0.3 is 5.97 Å². The molecule has 0 radical (unpaired) electrons. The summed E-state index contributed by atoms with van der Waals surface area (Å²) in [6, 6.07) is 9.16. The number of aliphatic hydroxyl groups excluding tert-OH is 4. The van der Waals surface area contributed by atoms with Gasteiger partial charge in [-0.15, -0.1) is 16.4 Å². The van der Waals surface area contributed by atoms with Gasteiger partial charge < -0.3 is 39.5 Å². The molecule has 5 heterocycles. The van der Waals surface area contributed by atoms with E-state index in [2.05, 4.69) is 25.2 Å². The lowest BCUT2D eigenvalue weighted by atomic mass is 9.79. The Hall–Kier alpha value is -4.30. The predicted molar refractivity (Wildman–Crippen MR) is 242 cm³/mol. The highest BCUT2D eigenvalue weighted by molar-refractivity contribution is 7.09. The minimum Gasteiger partial charge on any atom is -0.462 e. The number of carbonyl (C=O) groups excluding carboxylic acids is 2. The number of rotatable bonds is 13. The zero-order valence-electron chi connectivity index (χ0n) is 37.9. The fourth-order valence-electron chi connectivity index (χ4n) is 8.87. The van der Waals surface area contributed by atoms with Crippen LogP contribution in [0, 0.1) is 23.7 Å². The summed E-state index contributed by atoms with van der Waals surface area (Å²) in [5, 5.41) is 54.9. The largest absolute Gasteiger partial charge is 0.462 e. The molecule has 0 saturated carbocycles. The average Bonchev–Trinajstić information content (AvgIpc) is 3.98. The highest BCUT2D eigenvalue weighted by atomic mass is 32.1. The molecule has 12 atom stereocenters. The van der Waals surface area contributed by atoms with Crippen LogP contribution in [0.3, 0.4) is 0 Å². The van der Waals surface area contributed by atoms with E-state index in [1.807, 2.05) is 63.5 Å². The molecule has 0 unspecified atom stereocenters. The van der Waals surface area contributed by atoms with Crippen LogP contribution in [-0.2, 0) is 36.9 Å². The number of aromatic nitrogens is 5. The van der Waals surface area contributed by atoms with Crippen molar-refractivity contribution in [2.75, 3.05) is 27.2 Å². The van der Waals surface area contributed by atoms with E-state index in [0.29, 0.717) is 38.9 Å². The molecular formula is C47H65N7O9S. The van der Waals surface area contributed by atoms with Gasteiger partial charge in [-0.05, 0) is 77.9 Å².